The van der Waals surface area contributed by atoms with E-state index in [9.17, 15) is 9.59 Å². The lowest BCUT2D eigenvalue weighted by Gasteiger charge is -2.22. The number of rotatable bonds is 1. The van der Waals surface area contributed by atoms with E-state index in [2.05, 4.69) is 10.1 Å². The van der Waals surface area contributed by atoms with Gasteiger partial charge in [-0.1, -0.05) is 0 Å². The van der Waals surface area contributed by atoms with Crippen molar-refractivity contribution in [1.82, 2.24) is 5.32 Å². The summed E-state index contributed by atoms with van der Waals surface area (Å²) in [6.07, 6.45) is 0. The highest BCUT2D eigenvalue weighted by atomic mass is 16.5. The number of methoxy groups -OCH3 is 1. The fraction of sp³-hybridized carbons (Fsp3) is 0.571. The van der Waals surface area contributed by atoms with Gasteiger partial charge in [-0.05, 0) is 0 Å². The van der Waals surface area contributed by atoms with E-state index in [1.807, 2.05) is 0 Å². The van der Waals surface area contributed by atoms with E-state index >= 15 is 0 Å². The Balaban J connectivity index is 2.57. The van der Waals surface area contributed by atoms with Gasteiger partial charge in [0.1, 0.15) is 17.7 Å². The van der Waals surface area contributed by atoms with E-state index in [4.69, 9.17) is 4.74 Å². The first-order chi connectivity index (χ1) is 5.77. The van der Waals surface area contributed by atoms with Crippen molar-refractivity contribution in [1.29, 1.82) is 0 Å². The molecule has 0 aliphatic carbocycles. The third-order valence-electron chi connectivity index (χ3n) is 1.49. The molecule has 0 radical (unpaired) electrons. The maximum atomic E-state index is 10.9. The van der Waals surface area contributed by atoms with Gasteiger partial charge in [0.15, 0.2) is 0 Å². The third-order valence-corrected chi connectivity index (χ3v) is 1.49. The Labute approximate surface area is 69.3 Å². The molecular weight excluding hydrogens is 162 g/mol. The Morgan fingerprint density at radius 3 is 3.17 bits per heavy atom. The van der Waals surface area contributed by atoms with Gasteiger partial charge in [0, 0.05) is 0 Å². The summed E-state index contributed by atoms with van der Waals surface area (Å²) in [5.41, 5.74) is 0.247. The number of ether oxygens (including phenoxy) is 2. The minimum atomic E-state index is -0.583. The third kappa shape index (κ3) is 1.84. The van der Waals surface area contributed by atoms with Crippen LogP contribution < -0.4 is 5.32 Å². The van der Waals surface area contributed by atoms with Crippen molar-refractivity contribution in [2.24, 2.45) is 0 Å². The van der Waals surface area contributed by atoms with Gasteiger partial charge in [-0.3, -0.25) is 0 Å². The average molecular weight is 171 g/mol. The number of hydrogen-bond donors (Lipinski definition) is 1. The van der Waals surface area contributed by atoms with Gasteiger partial charge >= 0.3 is 5.97 Å². The molecule has 1 saturated heterocycles. The van der Waals surface area contributed by atoms with E-state index in [0.717, 1.165) is 0 Å². The molecule has 1 fully saturated rings. The number of morpholine rings is 1. The summed E-state index contributed by atoms with van der Waals surface area (Å²) in [5, 5.41) is 2.65. The molecule has 1 N–H and O–H groups in total. The molecule has 1 rings (SSSR count). The molecule has 1 atom stereocenters. The highest BCUT2D eigenvalue weighted by Crippen LogP contribution is 2.01. The van der Waals surface area contributed by atoms with Crippen LogP contribution in [0.3, 0.4) is 0 Å². The van der Waals surface area contributed by atoms with E-state index in [1.165, 1.54) is 7.11 Å². The maximum absolute atomic E-state index is 10.9. The molecule has 12 heavy (non-hydrogen) atoms. The van der Waals surface area contributed by atoms with Gasteiger partial charge in [0.25, 0.3) is 0 Å². The van der Waals surface area contributed by atoms with Crippen molar-refractivity contribution < 1.29 is 19.1 Å². The van der Waals surface area contributed by atoms with Crippen LogP contribution in [0.15, 0.2) is 5.70 Å². The zero-order chi connectivity index (χ0) is 8.97. The fourth-order valence-corrected chi connectivity index (χ4v) is 0.901. The number of esters is 1. The SMILES string of the molecule is COC(=O)C1COCC(=C=O)N1. The fourth-order valence-electron chi connectivity index (χ4n) is 0.901. The summed E-state index contributed by atoms with van der Waals surface area (Å²) in [4.78, 5) is 21.1. The predicted molar refractivity (Wildman–Crippen MR) is 39.0 cm³/mol. The van der Waals surface area contributed by atoms with Gasteiger partial charge in [-0.15, -0.1) is 0 Å². The van der Waals surface area contributed by atoms with Gasteiger partial charge in [0.05, 0.1) is 20.3 Å². The standard InChI is InChI=1S/C7H9NO4/c1-11-7(10)6-4-12-3-5(2-9)8-6/h6,8H,3-4H2,1H3. The quantitative estimate of drug-likeness (QED) is 0.399. The predicted octanol–water partition coefficient (Wildman–Crippen LogP) is -1.14. The van der Waals surface area contributed by atoms with Crippen molar-refractivity contribution in [3.63, 3.8) is 0 Å². The van der Waals surface area contributed by atoms with Crippen molar-refractivity contribution in [2.75, 3.05) is 20.3 Å². The first-order valence-electron chi connectivity index (χ1n) is 3.44. The smallest absolute Gasteiger partial charge is 0.330 e. The molecule has 0 aromatic heterocycles. The van der Waals surface area contributed by atoms with Crippen LogP contribution in [0.5, 0.6) is 0 Å². The molecule has 5 nitrogen and oxygen atoms in total. The lowest BCUT2D eigenvalue weighted by atomic mass is 10.2. The number of carbonyl (C=O) groups is 1. The second-order valence-electron chi connectivity index (χ2n) is 2.32. The molecule has 0 aromatic rings. The average Bonchev–Trinajstić information content (AvgIpc) is 2.17. The van der Waals surface area contributed by atoms with Crippen LogP contribution in [-0.4, -0.2) is 38.3 Å². The molecule has 5 heteroatoms. The Bertz CT molecular complexity index is 232. The van der Waals surface area contributed by atoms with Crippen molar-refractivity contribution in [2.45, 2.75) is 6.04 Å². The second kappa shape index (κ2) is 3.90. The van der Waals surface area contributed by atoms with E-state index in [1.54, 1.807) is 5.94 Å². The zero-order valence-electron chi connectivity index (χ0n) is 6.62. The molecule has 0 saturated carbocycles. The van der Waals surface area contributed by atoms with Gasteiger partial charge in [0.2, 0.25) is 0 Å². The summed E-state index contributed by atoms with van der Waals surface area (Å²) in [5.74, 6) is 1.19. The maximum Gasteiger partial charge on any atom is 0.330 e. The molecule has 0 amide bonds. The number of carbonyl (C=O) groups excluding carboxylic acids is 2. The van der Waals surface area contributed by atoms with E-state index < -0.39 is 12.0 Å². The van der Waals surface area contributed by atoms with Crippen molar-refractivity contribution in [3.8, 4) is 0 Å². The van der Waals surface area contributed by atoms with Crippen LogP contribution in [0.25, 0.3) is 0 Å². The van der Waals surface area contributed by atoms with Crippen molar-refractivity contribution in [3.05, 3.63) is 5.70 Å². The lowest BCUT2D eigenvalue weighted by molar-refractivity contribution is -0.145. The van der Waals surface area contributed by atoms with Crippen molar-refractivity contribution >= 4 is 11.9 Å². The monoisotopic (exact) mass is 171 g/mol. The molecule has 1 unspecified atom stereocenters. The topological polar surface area (TPSA) is 64.6 Å². The van der Waals surface area contributed by atoms with Crippen LogP contribution in [0.2, 0.25) is 0 Å². The summed E-state index contributed by atoms with van der Waals surface area (Å²) in [7, 11) is 1.28. The summed E-state index contributed by atoms with van der Waals surface area (Å²) < 4.78 is 9.40. The first kappa shape index (κ1) is 8.77. The lowest BCUT2D eigenvalue weighted by Crippen LogP contribution is -2.45. The summed E-state index contributed by atoms with van der Waals surface area (Å²) >= 11 is 0. The van der Waals surface area contributed by atoms with Gasteiger partial charge in [-0.2, -0.15) is 0 Å². The molecule has 0 bridgehead atoms. The second-order valence-corrected chi connectivity index (χ2v) is 2.32. The Kier molecular flexibility index (Phi) is 2.85. The van der Waals surface area contributed by atoms with Gasteiger partial charge < -0.3 is 14.8 Å². The van der Waals surface area contributed by atoms with Crippen LogP contribution in [0.1, 0.15) is 0 Å². The largest absolute Gasteiger partial charge is 0.467 e. The molecule has 1 aliphatic rings. The molecule has 1 aliphatic heterocycles. The van der Waals surface area contributed by atoms with Crippen LogP contribution in [0.4, 0.5) is 0 Å². The van der Waals surface area contributed by atoms with E-state index in [0.29, 0.717) is 0 Å². The summed E-state index contributed by atoms with van der Waals surface area (Å²) in [6, 6.07) is -0.583. The minimum Gasteiger partial charge on any atom is -0.467 e. The molecule has 66 valence electrons. The molecule has 0 aromatic carbocycles. The van der Waals surface area contributed by atoms with E-state index in [-0.39, 0.29) is 18.9 Å². The van der Waals surface area contributed by atoms with Crippen LogP contribution >= 0.6 is 0 Å². The Morgan fingerprint density at radius 2 is 2.58 bits per heavy atom. The number of hydrogen-bond acceptors (Lipinski definition) is 5. The van der Waals surface area contributed by atoms with Crippen LogP contribution in [0, 0.1) is 0 Å². The highest BCUT2D eigenvalue weighted by molar-refractivity contribution is 5.76. The Hall–Kier alpha value is -1.32. The Morgan fingerprint density at radius 1 is 1.83 bits per heavy atom. The first-order valence-corrected chi connectivity index (χ1v) is 3.44. The molecule has 1 heterocycles. The minimum absolute atomic E-state index is 0.178. The highest BCUT2D eigenvalue weighted by Gasteiger charge is 2.24. The van der Waals surface area contributed by atoms with Gasteiger partial charge in [-0.25, -0.2) is 9.59 Å². The van der Waals surface area contributed by atoms with Crippen LogP contribution in [-0.2, 0) is 19.1 Å². The molecular formula is C7H9NO4. The zero-order valence-corrected chi connectivity index (χ0v) is 6.62. The number of nitrogens with one attached hydrogen (secondary N) is 1. The normalized spacial score (nSPS) is 22.4. The molecule has 0 spiro atoms. The summed E-state index contributed by atoms with van der Waals surface area (Å²) in [6.45, 7) is 0.398.